The predicted molar refractivity (Wildman–Crippen MR) is 120 cm³/mol. The fraction of sp³-hybridized carbons (Fsp3) is 0.417. The van der Waals surface area contributed by atoms with Crippen molar-refractivity contribution in [2.24, 2.45) is 0 Å². The number of amides is 2. The van der Waals surface area contributed by atoms with Gasteiger partial charge in [-0.2, -0.15) is 0 Å². The molecule has 4 nitrogen and oxygen atoms in total. The van der Waals surface area contributed by atoms with Gasteiger partial charge in [0.15, 0.2) is 0 Å². The molecule has 0 bridgehead atoms. The number of benzene rings is 2. The minimum absolute atomic E-state index is 0.0664. The summed E-state index contributed by atoms with van der Waals surface area (Å²) in [6, 6.07) is 20.5. The second-order valence-electron chi connectivity index (χ2n) is 7.48. The first-order chi connectivity index (χ1) is 14.1. The molecule has 0 N–H and O–H groups in total. The van der Waals surface area contributed by atoms with Crippen LogP contribution in [0.2, 0.25) is 0 Å². The Morgan fingerprint density at radius 3 is 2.03 bits per heavy atom. The first-order valence-electron chi connectivity index (χ1n) is 10.4. The topological polar surface area (TPSA) is 40.6 Å². The van der Waals surface area contributed by atoms with Crippen molar-refractivity contribution in [1.29, 1.82) is 0 Å². The molecule has 1 fully saturated rings. The molecule has 0 radical (unpaired) electrons. The number of thioether (sulfide) groups is 1. The van der Waals surface area contributed by atoms with Crippen LogP contribution in [0.5, 0.6) is 0 Å². The molecular formula is C24H30N2O2S. The van der Waals surface area contributed by atoms with Crippen molar-refractivity contribution in [2.75, 3.05) is 26.2 Å². The van der Waals surface area contributed by atoms with E-state index in [1.54, 1.807) is 11.8 Å². The summed E-state index contributed by atoms with van der Waals surface area (Å²) in [5.41, 5.74) is 2.51. The SMILES string of the molecule is CC(SCc1ccccc1)C(=O)N1CCN(C(=O)CCCc2ccccc2)CC1. The Kier molecular flexibility index (Phi) is 8.17. The zero-order chi connectivity index (χ0) is 20.5. The van der Waals surface area contributed by atoms with Gasteiger partial charge >= 0.3 is 0 Å². The molecule has 0 spiro atoms. The van der Waals surface area contributed by atoms with Gasteiger partial charge < -0.3 is 9.80 Å². The second-order valence-corrected chi connectivity index (χ2v) is 8.81. The quantitative estimate of drug-likeness (QED) is 0.660. The molecule has 1 unspecified atom stereocenters. The summed E-state index contributed by atoms with van der Waals surface area (Å²) in [5.74, 6) is 1.23. The highest BCUT2D eigenvalue weighted by Gasteiger charge is 2.26. The third-order valence-electron chi connectivity index (χ3n) is 5.33. The van der Waals surface area contributed by atoms with E-state index in [1.165, 1.54) is 11.1 Å². The van der Waals surface area contributed by atoms with Crippen LogP contribution < -0.4 is 0 Å². The first-order valence-corrected chi connectivity index (χ1v) is 11.4. The van der Waals surface area contributed by atoms with Crippen molar-refractivity contribution >= 4 is 23.6 Å². The minimum Gasteiger partial charge on any atom is -0.339 e. The van der Waals surface area contributed by atoms with Crippen LogP contribution in [-0.2, 0) is 21.8 Å². The average Bonchev–Trinajstić information content (AvgIpc) is 2.78. The fourth-order valence-electron chi connectivity index (χ4n) is 3.55. The number of carbonyl (C=O) groups is 2. The summed E-state index contributed by atoms with van der Waals surface area (Å²) < 4.78 is 0. The molecule has 1 heterocycles. The lowest BCUT2D eigenvalue weighted by atomic mass is 10.1. The van der Waals surface area contributed by atoms with Gasteiger partial charge in [-0.25, -0.2) is 0 Å². The van der Waals surface area contributed by atoms with Gasteiger partial charge in [-0.3, -0.25) is 9.59 Å². The lowest BCUT2D eigenvalue weighted by molar-refractivity contribution is -0.139. The van der Waals surface area contributed by atoms with Crippen LogP contribution in [0.25, 0.3) is 0 Å². The summed E-state index contributed by atoms with van der Waals surface area (Å²) in [5, 5.41) is -0.0664. The van der Waals surface area contributed by atoms with Gasteiger partial charge in [0, 0.05) is 38.4 Å². The normalized spacial score (nSPS) is 15.2. The lowest BCUT2D eigenvalue weighted by Gasteiger charge is -2.36. The van der Waals surface area contributed by atoms with E-state index < -0.39 is 0 Å². The maximum absolute atomic E-state index is 12.7. The Morgan fingerprint density at radius 1 is 0.862 bits per heavy atom. The number of hydrogen-bond acceptors (Lipinski definition) is 3. The molecule has 0 aromatic heterocycles. The molecule has 1 atom stereocenters. The van der Waals surface area contributed by atoms with Crippen LogP contribution in [0.15, 0.2) is 60.7 Å². The van der Waals surface area contributed by atoms with Crippen molar-refractivity contribution in [3.8, 4) is 0 Å². The van der Waals surface area contributed by atoms with Crippen molar-refractivity contribution in [2.45, 2.75) is 37.2 Å². The average molecular weight is 411 g/mol. The molecule has 1 aliphatic heterocycles. The van der Waals surface area contributed by atoms with Gasteiger partial charge in [-0.1, -0.05) is 60.7 Å². The van der Waals surface area contributed by atoms with Crippen molar-refractivity contribution in [1.82, 2.24) is 9.80 Å². The lowest BCUT2D eigenvalue weighted by Crippen LogP contribution is -2.52. The van der Waals surface area contributed by atoms with E-state index in [0.717, 1.165) is 18.6 Å². The molecular weight excluding hydrogens is 380 g/mol. The molecule has 0 aliphatic carbocycles. The van der Waals surface area contributed by atoms with Gasteiger partial charge in [-0.05, 0) is 30.9 Å². The molecule has 0 saturated carbocycles. The van der Waals surface area contributed by atoms with E-state index in [0.29, 0.717) is 32.6 Å². The molecule has 1 aliphatic rings. The largest absolute Gasteiger partial charge is 0.339 e. The summed E-state index contributed by atoms with van der Waals surface area (Å²) in [7, 11) is 0. The van der Waals surface area contributed by atoms with Crippen LogP contribution in [0.1, 0.15) is 30.9 Å². The number of nitrogens with zero attached hydrogens (tertiary/aromatic N) is 2. The van der Waals surface area contributed by atoms with E-state index in [2.05, 4.69) is 24.3 Å². The molecule has 5 heteroatoms. The van der Waals surface area contributed by atoms with Crippen LogP contribution >= 0.6 is 11.8 Å². The molecule has 29 heavy (non-hydrogen) atoms. The Labute approximate surface area is 178 Å². The minimum atomic E-state index is -0.0664. The number of rotatable bonds is 8. The molecule has 3 rings (SSSR count). The highest BCUT2D eigenvalue weighted by atomic mass is 32.2. The number of piperazine rings is 1. The van der Waals surface area contributed by atoms with Gasteiger partial charge in [0.2, 0.25) is 11.8 Å². The molecule has 1 saturated heterocycles. The zero-order valence-electron chi connectivity index (χ0n) is 17.1. The van der Waals surface area contributed by atoms with Crippen LogP contribution in [0.4, 0.5) is 0 Å². The van der Waals surface area contributed by atoms with Crippen LogP contribution in [-0.4, -0.2) is 53.0 Å². The molecule has 154 valence electrons. The fourth-order valence-corrected chi connectivity index (χ4v) is 4.47. The predicted octanol–water partition coefficient (Wildman–Crippen LogP) is 4.00. The zero-order valence-corrected chi connectivity index (χ0v) is 17.9. The van der Waals surface area contributed by atoms with Gasteiger partial charge in [0.25, 0.3) is 0 Å². The van der Waals surface area contributed by atoms with Crippen molar-refractivity contribution in [3.63, 3.8) is 0 Å². The summed E-state index contributed by atoms with van der Waals surface area (Å²) in [6.07, 6.45) is 2.38. The third-order valence-corrected chi connectivity index (χ3v) is 6.54. The third kappa shape index (κ3) is 6.64. The first kappa shape index (κ1) is 21.4. The Hall–Kier alpha value is -2.27. The standard InChI is InChI=1S/C24H30N2O2S/c1-20(29-19-22-11-6-3-7-12-22)24(28)26-17-15-25(16-18-26)23(27)14-8-13-21-9-4-2-5-10-21/h2-7,9-12,20H,8,13-19H2,1H3. The van der Waals surface area contributed by atoms with Crippen molar-refractivity contribution in [3.05, 3.63) is 71.8 Å². The monoisotopic (exact) mass is 410 g/mol. The number of carbonyl (C=O) groups excluding carboxylic acids is 2. The summed E-state index contributed by atoms with van der Waals surface area (Å²) in [6.45, 7) is 4.55. The van der Waals surface area contributed by atoms with Crippen LogP contribution in [0.3, 0.4) is 0 Å². The Bertz CT molecular complexity index is 774. The Balaban J connectivity index is 1.36. The van der Waals surface area contributed by atoms with Crippen molar-refractivity contribution < 1.29 is 9.59 Å². The molecule has 2 amide bonds. The van der Waals surface area contributed by atoms with E-state index in [1.807, 2.05) is 53.1 Å². The number of hydrogen-bond donors (Lipinski definition) is 0. The maximum Gasteiger partial charge on any atom is 0.235 e. The maximum atomic E-state index is 12.7. The summed E-state index contributed by atoms with van der Waals surface area (Å²) >= 11 is 1.68. The Morgan fingerprint density at radius 2 is 1.41 bits per heavy atom. The highest BCUT2D eigenvalue weighted by molar-refractivity contribution is 7.99. The van der Waals surface area contributed by atoms with E-state index in [-0.39, 0.29) is 17.1 Å². The van der Waals surface area contributed by atoms with E-state index >= 15 is 0 Å². The van der Waals surface area contributed by atoms with Crippen LogP contribution in [0, 0.1) is 0 Å². The molecule has 2 aromatic rings. The van der Waals surface area contributed by atoms with Gasteiger partial charge in [0.1, 0.15) is 0 Å². The summed E-state index contributed by atoms with van der Waals surface area (Å²) in [4.78, 5) is 29.0. The van der Waals surface area contributed by atoms with E-state index in [4.69, 9.17) is 0 Å². The smallest absolute Gasteiger partial charge is 0.235 e. The van der Waals surface area contributed by atoms with Gasteiger partial charge in [0.05, 0.1) is 5.25 Å². The van der Waals surface area contributed by atoms with E-state index in [9.17, 15) is 9.59 Å². The second kappa shape index (κ2) is 11.1. The highest BCUT2D eigenvalue weighted by Crippen LogP contribution is 2.20. The molecule has 2 aromatic carbocycles. The van der Waals surface area contributed by atoms with Gasteiger partial charge in [-0.15, -0.1) is 11.8 Å². The number of aryl methyl sites for hydroxylation is 1.